The van der Waals surface area contributed by atoms with Gasteiger partial charge in [0.25, 0.3) is 0 Å². The Bertz CT molecular complexity index is 712. The molecule has 0 aromatic heterocycles. The maximum Gasteiger partial charge on any atom is 0.321 e. The van der Waals surface area contributed by atoms with Gasteiger partial charge in [-0.25, -0.2) is 9.79 Å². The zero-order valence-electron chi connectivity index (χ0n) is 20.2. The summed E-state index contributed by atoms with van der Waals surface area (Å²) in [5.74, 6) is 0.0764. The van der Waals surface area contributed by atoms with Gasteiger partial charge in [0.2, 0.25) is 11.9 Å². The molecule has 2 aliphatic rings. The molecule has 0 aromatic rings. The van der Waals surface area contributed by atoms with Gasteiger partial charge in [0.15, 0.2) is 0 Å². The third kappa shape index (κ3) is 7.95. The lowest BCUT2D eigenvalue weighted by molar-refractivity contribution is -0.124. The van der Waals surface area contributed by atoms with Gasteiger partial charge in [0, 0.05) is 32.7 Å². The maximum absolute atomic E-state index is 13.4. The molecule has 10 heteroatoms. The molecule has 2 rings (SSSR count). The van der Waals surface area contributed by atoms with Gasteiger partial charge in [-0.15, -0.1) is 0 Å². The first kappa shape index (κ1) is 25.9. The van der Waals surface area contributed by atoms with Crippen molar-refractivity contribution in [1.82, 2.24) is 25.8 Å². The number of nitriles is 1. The number of amides is 3. The van der Waals surface area contributed by atoms with Gasteiger partial charge >= 0.3 is 6.03 Å². The monoisotopic (exact) mass is 449 g/mol. The Kier molecular flexibility index (Phi) is 9.28. The summed E-state index contributed by atoms with van der Waals surface area (Å²) in [6.07, 6.45) is 1.63. The van der Waals surface area contributed by atoms with Gasteiger partial charge in [-0.05, 0) is 38.6 Å². The number of ether oxygens (including phenoxy) is 1. The van der Waals surface area contributed by atoms with E-state index in [1.54, 1.807) is 0 Å². The van der Waals surface area contributed by atoms with Gasteiger partial charge in [0.05, 0.1) is 19.3 Å². The number of likely N-dealkylation sites (tertiary alicyclic amines) is 1. The van der Waals surface area contributed by atoms with Crippen molar-refractivity contribution in [3.63, 3.8) is 0 Å². The van der Waals surface area contributed by atoms with E-state index < -0.39 is 11.6 Å². The van der Waals surface area contributed by atoms with Gasteiger partial charge in [-0.1, -0.05) is 20.8 Å². The van der Waals surface area contributed by atoms with Gasteiger partial charge in [-0.2, -0.15) is 5.26 Å². The normalized spacial score (nSPS) is 20.8. The zero-order valence-corrected chi connectivity index (χ0v) is 20.2. The number of piperidine rings is 1. The minimum atomic E-state index is -0.888. The third-order valence-corrected chi connectivity index (χ3v) is 5.68. The predicted octanol–water partition coefficient (Wildman–Crippen LogP) is 0.903. The van der Waals surface area contributed by atoms with Crippen LogP contribution >= 0.6 is 0 Å². The second-order valence-electron chi connectivity index (χ2n) is 9.80. The van der Waals surface area contributed by atoms with Crippen LogP contribution in [-0.2, 0) is 9.53 Å². The van der Waals surface area contributed by atoms with Crippen molar-refractivity contribution >= 4 is 17.9 Å². The predicted molar refractivity (Wildman–Crippen MR) is 123 cm³/mol. The summed E-state index contributed by atoms with van der Waals surface area (Å²) in [7, 11) is 2.01. The molecule has 3 N–H and O–H groups in total. The Balaban J connectivity index is 2.30. The van der Waals surface area contributed by atoms with Crippen molar-refractivity contribution in [2.24, 2.45) is 10.4 Å². The summed E-state index contributed by atoms with van der Waals surface area (Å²) >= 11 is 0. The molecule has 1 unspecified atom stereocenters. The van der Waals surface area contributed by atoms with E-state index in [1.165, 1.54) is 0 Å². The lowest BCUT2D eigenvalue weighted by atomic mass is 9.86. The standard InChI is InChI=1S/C22H39N7O3/c1-6-24-20(31)26-19(29-11-13-32-14-12-29)25-17(15-21(2,3)4)18(30)27-22(16-23)7-9-28(5)10-8-22/h17H,6-15H2,1-5H3,(H,27,30)(H2,24,25,26,31). The molecule has 0 aliphatic carbocycles. The van der Waals surface area contributed by atoms with Gasteiger partial charge < -0.3 is 25.2 Å². The van der Waals surface area contributed by atoms with Gasteiger partial charge in [0.1, 0.15) is 11.6 Å². The molecule has 0 radical (unpaired) electrons. The number of urea groups is 1. The molecule has 0 spiro atoms. The largest absolute Gasteiger partial charge is 0.378 e. The topological polar surface area (TPSA) is 122 Å². The molecule has 0 bridgehead atoms. The fraction of sp³-hybridized carbons (Fsp3) is 0.818. The second-order valence-corrected chi connectivity index (χ2v) is 9.80. The molecule has 10 nitrogen and oxygen atoms in total. The van der Waals surface area contributed by atoms with Crippen molar-refractivity contribution in [3.8, 4) is 6.07 Å². The minimum Gasteiger partial charge on any atom is -0.378 e. The lowest BCUT2D eigenvalue weighted by Crippen LogP contribution is -2.57. The molecule has 32 heavy (non-hydrogen) atoms. The number of morpholine rings is 1. The number of rotatable bonds is 5. The summed E-state index contributed by atoms with van der Waals surface area (Å²) in [5, 5.41) is 18.4. The van der Waals surface area contributed by atoms with Crippen LogP contribution in [0.2, 0.25) is 0 Å². The first-order valence-corrected chi connectivity index (χ1v) is 11.4. The Hall–Kier alpha value is -2.38. The average Bonchev–Trinajstić information content (AvgIpc) is 2.74. The first-order valence-electron chi connectivity index (χ1n) is 11.4. The van der Waals surface area contributed by atoms with Crippen LogP contribution in [0.4, 0.5) is 4.79 Å². The van der Waals surface area contributed by atoms with E-state index >= 15 is 0 Å². The van der Waals surface area contributed by atoms with Crippen LogP contribution in [0.1, 0.15) is 47.0 Å². The lowest BCUT2D eigenvalue weighted by Gasteiger charge is -2.37. The Morgan fingerprint density at radius 1 is 1.19 bits per heavy atom. The average molecular weight is 450 g/mol. The van der Waals surface area contributed by atoms with E-state index in [-0.39, 0.29) is 17.4 Å². The number of nitrogens with one attached hydrogen (secondary N) is 3. The number of aliphatic imine (C=N–C) groups is 1. The van der Waals surface area contributed by atoms with Crippen LogP contribution < -0.4 is 16.0 Å². The van der Waals surface area contributed by atoms with Crippen molar-refractivity contribution in [1.29, 1.82) is 5.26 Å². The number of carbonyl (C=O) groups is 2. The second kappa shape index (κ2) is 11.5. The van der Waals surface area contributed by atoms with Crippen molar-refractivity contribution in [2.45, 2.75) is 58.5 Å². The van der Waals surface area contributed by atoms with Crippen LogP contribution in [0.3, 0.4) is 0 Å². The minimum absolute atomic E-state index is 0.181. The summed E-state index contributed by atoms with van der Waals surface area (Å²) in [6.45, 7) is 12.1. The number of carbonyl (C=O) groups excluding carboxylic acids is 2. The quantitative estimate of drug-likeness (QED) is 0.423. The van der Waals surface area contributed by atoms with Crippen LogP contribution in [0, 0.1) is 16.7 Å². The highest BCUT2D eigenvalue weighted by Crippen LogP contribution is 2.25. The molecule has 2 aliphatic heterocycles. The van der Waals surface area contributed by atoms with Crippen molar-refractivity contribution in [3.05, 3.63) is 0 Å². The van der Waals surface area contributed by atoms with Crippen LogP contribution in [0.25, 0.3) is 0 Å². The molecular formula is C22H39N7O3. The van der Waals surface area contributed by atoms with E-state index in [0.717, 1.165) is 13.1 Å². The van der Waals surface area contributed by atoms with Gasteiger partial charge in [-0.3, -0.25) is 10.1 Å². The molecule has 0 aromatic carbocycles. The van der Waals surface area contributed by atoms with E-state index in [9.17, 15) is 14.9 Å². The SMILES string of the molecule is CCNC(=O)NC(=NC(CC(C)(C)C)C(=O)NC1(C#N)CCN(C)CC1)N1CCOCC1. The molecule has 2 fully saturated rings. The molecule has 2 heterocycles. The summed E-state index contributed by atoms with van der Waals surface area (Å²) in [5.41, 5.74) is -1.07. The van der Waals surface area contributed by atoms with Crippen molar-refractivity contribution < 1.29 is 14.3 Å². The fourth-order valence-corrected chi connectivity index (χ4v) is 3.78. The molecular weight excluding hydrogens is 410 g/mol. The first-order chi connectivity index (χ1) is 15.1. The molecule has 2 saturated heterocycles. The zero-order chi connectivity index (χ0) is 23.8. The third-order valence-electron chi connectivity index (χ3n) is 5.68. The maximum atomic E-state index is 13.4. The highest BCUT2D eigenvalue weighted by Gasteiger charge is 2.38. The summed E-state index contributed by atoms with van der Waals surface area (Å²) < 4.78 is 5.43. The van der Waals surface area contributed by atoms with E-state index in [1.807, 2.05) is 39.6 Å². The van der Waals surface area contributed by atoms with Crippen molar-refractivity contribution in [2.75, 3.05) is 53.0 Å². The Labute approximate surface area is 191 Å². The number of guanidine groups is 1. The van der Waals surface area contributed by atoms with E-state index in [4.69, 9.17) is 9.73 Å². The number of hydrogen-bond donors (Lipinski definition) is 3. The van der Waals surface area contributed by atoms with Crippen LogP contribution in [0.15, 0.2) is 4.99 Å². The Morgan fingerprint density at radius 3 is 2.34 bits per heavy atom. The van der Waals surface area contributed by atoms with E-state index in [2.05, 4.69) is 26.9 Å². The fourth-order valence-electron chi connectivity index (χ4n) is 3.78. The molecule has 0 saturated carbocycles. The smallest absolute Gasteiger partial charge is 0.321 e. The number of hydrogen-bond acceptors (Lipinski definition) is 6. The highest BCUT2D eigenvalue weighted by atomic mass is 16.5. The summed E-state index contributed by atoms with van der Waals surface area (Å²) in [4.78, 5) is 34.5. The molecule has 180 valence electrons. The van der Waals surface area contributed by atoms with Crippen LogP contribution in [0.5, 0.6) is 0 Å². The highest BCUT2D eigenvalue weighted by molar-refractivity contribution is 5.97. The molecule has 1 atom stereocenters. The molecule has 3 amide bonds. The van der Waals surface area contributed by atoms with E-state index in [0.29, 0.717) is 58.1 Å². The summed E-state index contributed by atoms with van der Waals surface area (Å²) in [6, 6.07) is 1.24. The van der Waals surface area contributed by atoms with Crippen LogP contribution in [-0.4, -0.2) is 92.3 Å². The number of nitrogens with zero attached hydrogens (tertiary/aromatic N) is 4. The Morgan fingerprint density at radius 2 is 1.81 bits per heavy atom.